The molecule has 2 amide bonds. The van der Waals surface area contributed by atoms with Gasteiger partial charge in [-0.25, -0.2) is 0 Å². The molecule has 3 atom stereocenters. The van der Waals surface area contributed by atoms with Crippen LogP contribution in [0, 0.1) is 0 Å². The lowest BCUT2D eigenvalue weighted by molar-refractivity contribution is 0.0902. The van der Waals surface area contributed by atoms with Crippen molar-refractivity contribution < 1.29 is 14.3 Å². The van der Waals surface area contributed by atoms with Gasteiger partial charge in [-0.15, -0.1) is 0 Å². The summed E-state index contributed by atoms with van der Waals surface area (Å²) in [6, 6.07) is 11.2. The first-order chi connectivity index (χ1) is 13.0. The maximum atomic E-state index is 12.9. The molecule has 0 bridgehead atoms. The molecular weight excluding hydrogens is 344 g/mol. The van der Waals surface area contributed by atoms with Crippen molar-refractivity contribution in [3.8, 4) is 0 Å². The molecule has 1 saturated carbocycles. The van der Waals surface area contributed by atoms with Crippen LogP contribution in [0.2, 0.25) is 0 Å². The second-order valence-corrected chi connectivity index (χ2v) is 6.87. The monoisotopic (exact) mass is 370 g/mol. The average Bonchev–Trinajstić information content (AvgIpc) is 3.34. The second kappa shape index (κ2) is 8.35. The number of hydrogen-bond donors (Lipinski definition) is 2. The molecule has 27 heavy (non-hydrogen) atoms. The summed E-state index contributed by atoms with van der Waals surface area (Å²) in [5.41, 5.74) is 1.62. The van der Waals surface area contributed by atoms with Crippen molar-refractivity contribution in [1.29, 1.82) is 0 Å². The smallest absolute Gasteiger partial charge is 0.271 e. The number of hydrogen-bond acceptors (Lipinski definition) is 4. The molecule has 1 aromatic heterocycles. The molecule has 1 aliphatic rings. The van der Waals surface area contributed by atoms with Gasteiger partial charge in [0.15, 0.2) is 5.69 Å². The predicted octanol–water partition coefficient (Wildman–Crippen LogP) is 2.15. The summed E-state index contributed by atoms with van der Waals surface area (Å²) in [6.45, 7) is 1.96. The molecule has 0 radical (unpaired) electrons. The Morgan fingerprint density at radius 3 is 2.59 bits per heavy atom. The summed E-state index contributed by atoms with van der Waals surface area (Å²) >= 11 is 0. The molecule has 1 aliphatic carbocycles. The largest absolute Gasteiger partial charge is 0.381 e. The molecule has 2 N–H and O–H groups in total. The van der Waals surface area contributed by atoms with Gasteiger partial charge in [0.1, 0.15) is 5.69 Å². The number of ether oxygens (including phenoxy) is 1. The van der Waals surface area contributed by atoms with Gasteiger partial charge in [0.25, 0.3) is 11.8 Å². The third-order valence-corrected chi connectivity index (χ3v) is 5.13. The van der Waals surface area contributed by atoms with E-state index < -0.39 is 0 Å². The minimum atomic E-state index is -0.316. The molecule has 2 aromatic rings. The van der Waals surface area contributed by atoms with Crippen LogP contribution in [0.4, 0.5) is 0 Å². The van der Waals surface area contributed by atoms with Gasteiger partial charge in [0.05, 0.1) is 12.1 Å². The first-order valence-corrected chi connectivity index (χ1v) is 9.23. The van der Waals surface area contributed by atoms with Gasteiger partial charge in [0.2, 0.25) is 0 Å². The first kappa shape index (κ1) is 19.1. The summed E-state index contributed by atoms with van der Waals surface area (Å²) in [6.07, 6.45) is 2.80. The van der Waals surface area contributed by atoms with Crippen molar-refractivity contribution in [2.75, 3.05) is 14.2 Å². The van der Waals surface area contributed by atoms with Crippen LogP contribution in [0.15, 0.2) is 36.4 Å². The van der Waals surface area contributed by atoms with Crippen molar-refractivity contribution in [2.45, 2.75) is 44.4 Å². The molecule has 1 fully saturated rings. The van der Waals surface area contributed by atoms with Gasteiger partial charge in [-0.05, 0) is 31.7 Å². The van der Waals surface area contributed by atoms with Gasteiger partial charge in [-0.2, -0.15) is 5.10 Å². The maximum absolute atomic E-state index is 12.9. The summed E-state index contributed by atoms with van der Waals surface area (Å²) in [5, 5.41) is 10.0. The molecular formula is C20H26N4O3. The van der Waals surface area contributed by atoms with Crippen LogP contribution in [-0.4, -0.2) is 47.9 Å². The van der Waals surface area contributed by atoms with Crippen molar-refractivity contribution >= 4 is 11.8 Å². The Hall–Kier alpha value is -2.67. The molecule has 0 unspecified atom stereocenters. The highest BCUT2D eigenvalue weighted by molar-refractivity contribution is 5.98. The minimum Gasteiger partial charge on any atom is -0.381 e. The number of methoxy groups -OCH3 is 1. The van der Waals surface area contributed by atoms with E-state index in [1.807, 2.05) is 37.3 Å². The number of amides is 2. The average molecular weight is 370 g/mol. The Bertz CT molecular complexity index is 803. The fourth-order valence-electron chi connectivity index (χ4n) is 3.52. The molecule has 0 saturated heterocycles. The Labute approximate surface area is 159 Å². The van der Waals surface area contributed by atoms with Crippen LogP contribution >= 0.6 is 0 Å². The van der Waals surface area contributed by atoms with Crippen LogP contribution in [0.25, 0.3) is 0 Å². The summed E-state index contributed by atoms with van der Waals surface area (Å²) in [5.74, 6) is -0.537. The zero-order chi connectivity index (χ0) is 19.4. The zero-order valence-electron chi connectivity index (χ0n) is 15.9. The third-order valence-electron chi connectivity index (χ3n) is 5.13. The molecule has 0 aliphatic heterocycles. The highest BCUT2D eigenvalue weighted by Crippen LogP contribution is 2.23. The Morgan fingerprint density at radius 2 is 1.96 bits per heavy atom. The highest BCUT2D eigenvalue weighted by Gasteiger charge is 2.28. The molecule has 3 rings (SSSR count). The van der Waals surface area contributed by atoms with E-state index >= 15 is 0 Å². The highest BCUT2D eigenvalue weighted by atomic mass is 16.5. The van der Waals surface area contributed by atoms with E-state index in [0.29, 0.717) is 5.69 Å². The van der Waals surface area contributed by atoms with Gasteiger partial charge in [0, 0.05) is 26.3 Å². The Balaban J connectivity index is 1.87. The SMILES string of the molecule is CNC(=O)c1cc(C(=O)N[C@@H]2CC[C@@H](OC)C2)n([C@@H](C)c2ccccc2)n1. The van der Waals surface area contributed by atoms with Crippen molar-refractivity contribution in [3.63, 3.8) is 0 Å². The van der Waals surface area contributed by atoms with Crippen LogP contribution < -0.4 is 10.6 Å². The number of nitrogens with zero attached hydrogens (tertiary/aromatic N) is 2. The summed E-state index contributed by atoms with van der Waals surface area (Å²) in [4.78, 5) is 25.0. The van der Waals surface area contributed by atoms with Gasteiger partial charge >= 0.3 is 0 Å². The molecule has 1 aromatic carbocycles. The van der Waals surface area contributed by atoms with E-state index in [4.69, 9.17) is 4.74 Å². The molecule has 1 heterocycles. The molecule has 144 valence electrons. The number of benzene rings is 1. The molecule has 0 spiro atoms. The van der Waals surface area contributed by atoms with Crippen LogP contribution in [-0.2, 0) is 4.74 Å². The van der Waals surface area contributed by atoms with Crippen LogP contribution in [0.1, 0.15) is 58.8 Å². The van der Waals surface area contributed by atoms with Crippen molar-refractivity contribution in [1.82, 2.24) is 20.4 Å². The lowest BCUT2D eigenvalue weighted by Crippen LogP contribution is -2.35. The minimum absolute atomic E-state index is 0.0706. The first-order valence-electron chi connectivity index (χ1n) is 9.23. The molecule has 7 nitrogen and oxygen atoms in total. The van der Waals surface area contributed by atoms with Crippen LogP contribution in [0.3, 0.4) is 0 Å². The van der Waals surface area contributed by atoms with Crippen molar-refractivity contribution in [3.05, 3.63) is 53.3 Å². The van der Waals surface area contributed by atoms with Gasteiger partial charge in [-0.1, -0.05) is 30.3 Å². The normalized spacial score (nSPS) is 20.3. The van der Waals surface area contributed by atoms with E-state index in [-0.39, 0.29) is 35.7 Å². The number of carbonyl (C=O) groups is 2. The van der Waals surface area contributed by atoms with E-state index in [1.165, 1.54) is 0 Å². The van der Waals surface area contributed by atoms with Crippen molar-refractivity contribution in [2.24, 2.45) is 0 Å². The van der Waals surface area contributed by atoms with E-state index in [2.05, 4.69) is 15.7 Å². The lowest BCUT2D eigenvalue weighted by atomic mass is 10.1. The number of carbonyl (C=O) groups excluding carboxylic acids is 2. The Morgan fingerprint density at radius 1 is 1.22 bits per heavy atom. The number of aromatic nitrogens is 2. The fraction of sp³-hybridized carbons (Fsp3) is 0.450. The van der Waals surface area contributed by atoms with E-state index in [1.54, 1.807) is 24.9 Å². The summed E-state index contributed by atoms with van der Waals surface area (Å²) in [7, 11) is 3.24. The molecule has 7 heteroatoms. The fourth-order valence-corrected chi connectivity index (χ4v) is 3.52. The summed E-state index contributed by atoms with van der Waals surface area (Å²) < 4.78 is 7.00. The van der Waals surface area contributed by atoms with Gasteiger partial charge in [-0.3, -0.25) is 14.3 Å². The third kappa shape index (κ3) is 4.19. The Kier molecular flexibility index (Phi) is 5.91. The standard InChI is InChI=1S/C20H26N4O3/c1-13(14-7-5-4-6-8-14)24-18(12-17(23-24)19(25)21-2)20(26)22-15-9-10-16(11-15)27-3/h4-8,12-13,15-16H,9-11H2,1-3H3,(H,21,25)(H,22,26)/t13-,15+,16+/m0/s1. The predicted molar refractivity (Wildman–Crippen MR) is 102 cm³/mol. The lowest BCUT2D eigenvalue weighted by Gasteiger charge is -2.18. The topological polar surface area (TPSA) is 85.3 Å². The van der Waals surface area contributed by atoms with E-state index in [0.717, 1.165) is 24.8 Å². The zero-order valence-corrected chi connectivity index (χ0v) is 15.9. The number of nitrogens with one attached hydrogen (secondary N) is 2. The van der Waals surface area contributed by atoms with Crippen LogP contribution in [0.5, 0.6) is 0 Å². The maximum Gasteiger partial charge on any atom is 0.271 e. The van der Waals surface area contributed by atoms with Gasteiger partial charge < -0.3 is 15.4 Å². The van der Waals surface area contributed by atoms with E-state index in [9.17, 15) is 9.59 Å². The number of rotatable bonds is 6. The second-order valence-electron chi connectivity index (χ2n) is 6.87. The quantitative estimate of drug-likeness (QED) is 0.816.